The van der Waals surface area contributed by atoms with Crippen LogP contribution in [0.15, 0.2) is 79.0 Å². The number of nitrogens with zero attached hydrogens (tertiary/aromatic N) is 3. The van der Waals surface area contributed by atoms with Gasteiger partial charge in [0.25, 0.3) is 5.65 Å². The summed E-state index contributed by atoms with van der Waals surface area (Å²) in [6.45, 7) is 0. The second-order valence-electron chi connectivity index (χ2n) is 6.68. The van der Waals surface area contributed by atoms with E-state index in [4.69, 9.17) is 0 Å². The van der Waals surface area contributed by atoms with Crippen LogP contribution in [0.2, 0.25) is 0 Å². The summed E-state index contributed by atoms with van der Waals surface area (Å²) in [5, 5.41) is 0. The van der Waals surface area contributed by atoms with Gasteiger partial charge >= 0.3 is 0 Å². The fraction of sp³-hybridized carbons (Fsp3) is 0.0455. The molecular formula is C22H15N4O2+. The van der Waals surface area contributed by atoms with Gasteiger partial charge in [-0.25, -0.2) is 19.4 Å². The van der Waals surface area contributed by atoms with Crippen molar-refractivity contribution in [3.8, 4) is 11.3 Å². The molecule has 0 aliphatic heterocycles. The largest absolute Gasteiger partial charge is 0.289 e. The van der Waals surface area contributed by atoms with Gasteiger partial charge in [0.2, 0.25) is 5.78 Å². The quantitative estimate of drug-likeness (QED) is 0.565. The summed E-state index contributed by atoms with van der Waals surface area (Å²) in [4.78, 5) is 36.0. The first kappa shape index (κ1) is 16.3. The van der Waals surface area contributed by atoms with E-state index in [2.05, 4.69) is 15.0 Å². The van der Waals surface area contributed by atoms with E-state index in [0.717, 1.165) is 22.5 Å². The number of imidazole rings is 1. The third-order valence-electron chi connectivity index (χ3n) is 4.87. The Hall–Kier alpha value is -3.93. The van der Waals surface area contributed by atoms with Gasteiger partial charge in [-0.3, -0.25) is 9.59 Å². The van der Waals surface area contributed by atoms with Gasteiger partial charge in [-0.2, -0.15) is 0 Å². The van der Waals surface area contributed by atoms with Crippen LogP contribution >= 0.6 is 0 Å². The standard InChI is InChI=1S/C22H14N4O2/c27-19-10-16(22(28)17-11-23-13-24-21(17)19)9-14-4-6-15(7-5-14)18-12-26-8-2-1-3-20(26)25-18/h1-8,10-13H,9H2/p+1. The van der Waals surface area contributed by atoms with Crippen molar-refractivity contribution in [2.24, 2.45) is 0 Å². The first-order valence-electron chi connectivity index (χ1n) is 8.87. The number of ketones is 2. The van der Waals surface area contributed by atoms with Gasteiger partial charge in [-0.05, 0) is 17.7 Å². The number of carbonyl (C=O) groups is 2. The highest BCUT2D eigenvalue weighted by atomic mass is 16.1. The van der Waals surface area contributed by atoms with E-state index < -0.39 is 0 Å². The molecule has 1 aliphatic carbocycles. The zero-order chi connectivity index (χ0) is 19.1. The highest BCUT2D eigenvalue weighted by Gasteiger charge is 2.26. The Morgan fingerprint density at radius 3 is 2.71 bits per heavy atom. The molecule has 134 valence electrons. The molecule has 3 heterocycles. The molecule has 0 saturated carbocycles. The Labute approximate surface area is 160 Å². The molecule has 6 heteroatoms. The summed E-state index contributed by atoms with van der Waals surface area (Å²) in [5.41, 5.74) is 4.94. The summed E-state index contributed by atoms with van der Waals surface area (Å²) in [6, 6.07) is 13.9. The maximum absolute atomic E-state index is 12.6. The van der Waals surface area contributed by atoms with Crippen molar-refractivity contribution in [1.29, 1.82) is 0 Å². The van der Waals surface area contributed by atoms with Crippen LogP contribution in [0, 0.1) is 0 Å². The zero-order valence-electron chi connectivity index (χ0n) is 14.8. The fourth-order valence-electron chi connectivity index (χ4n) is 3.44. The van der Waals surface area contributed by atoms with Gasteiger partial charge < -0.3 is 0 Å². The number of aromatic amines is 1. The average molecular weight is 367 g/mol. The Morgan fingerprint density at radius 2 is 1.89 bits per heavy atom. The van der Waals surface area contributed by atoms with Crippen LogP contribution in [0.1, 0.15) is 26.4 Å². The lowest BCUT2D eigenvalue weighted by atomic mass is 9.90. The lowest BCUT2D eigenvalue weighted by Crippen LogP contribution is -2.20. The van der Waals surface area contributed by atoms with Gasteiger partial charge in [-0.1, -0.05) is 30.3 Å². The van der Waals surface area contributed by atoms with Gasteiger partial charge in [0.1, 0.15) is 18.2 Å². The predicted octanol–water partition coefficient (Wildman–Crippen LogP) is 2.76. The molecular weight excluding hydrogens is 352 g/mol. The molecule has 0 unspecified atom stereocenters. The number of aromatic nitrogens is 4. The van der Waals surface area contributed by atoms with Crippen LogP contribution in [-0.2, 0) is 6.42 Å². The Bertz CT molecular complexity index is 1240. The molecule has 5 rings (SSSR count). The number of allylic oxidation sites excluding steroid dienone is 2. The molecule has 0 radical (unpaired) electrons. The third-order valence-corrected chi connectivity index (χ3v) is 4.87. The Kier molecular flexibility index (Phi) is 3.69. The number of rotatable bonds is 3. The first-order valence-corrected chi connectivity index (χ1v) is 8.87. The number of hydrogen-bond donors (Lipinski definition) is 1. The number of H-pyrrole nitrogens is 1. The molecule has 1 aliphatic rings. The Balaban J connectivity index is 1.41. The van der Waals surface area contributed by atoms with Crippen LogP contribution in [0.25, 0.3) is 16.9 Å². The van der Waals surface area contributed by atoms with E-state index >= 15 is 0 Å². The monoisotopic (exact) mass is 367 g/mol. The smallest absolute Gasteiger partial charge is 0.284 e. The lowest BCUT2D eigenvalue weighted by Gasteiger charge is -2.13. The van der Waals surface area contributed by atoms with Crippen LogP contribution in [0.4, 0.5) is 0 Å². The SMILES string of the molecule is O=C1C(Cc2ccc(-c3c[n+]4ccccc4[nH]3)cc2)=CC(=O)c2ncncc21. The fourth-order valence-corrected chi connectivity index (χ4v) is 3.44. The van der Waals surface area contributed by atoms with E-state index in [1.165, 1.54) is 18.6 Å². The van der Waals surface area contributed by atoms with Gasteiger partial charge in [0.05, 0.1) is 11.8 Å². The maximum atomic E-state index is 12.6. The second-order valence-corrected chi connectivity index (χ2v) is 6.68. The van der Waals surface area contributed by atoms with Crippen LogP contribution in [0.3, 0.4) is 0 Å². The molecule has 0 atom stereocenters. The normalized spacial score (nSPS) is 13.5. The number of pyridine rings is 1. The highest BCUT2D eigenvalue weighted by molar-refractivity contribution is 6.23. The summed E-state index contributed by atoms with van der Waals surface area (Å²) in [6.07, 6.45) is 8.49. The minimum absolute atomic E-state index is 0.176. The predicted molar refractivity (Wildman–Crippen MR) is 102 cm³/mol. The van der Waals surface area contributed by atoms with E-state index in [0.29, 0.717) is 12.0 Å². The molecule has 0 amide bonds. The van der Waals surface area contributed by atoms with Crippen molar-refractivity contribution in [3.63, 3.8) is 0 Å². The summed E-state index contributed by atoms with van der Waals surface area (Å²) in [5.74, 6) is -0.440. The summed E-state index contributed by atoms with van der Waals surface area (Å²) < 4.78 is 2.03. The van der Waals surface area contributed by atoms with Crippen molar-refractivity contribution < 1.29 is 14.0 Å². The second kappa shape index (κ2) is 6.35. The first-order chi connectivity index (χ1) is 13.7. The van der Waals surface area contributed by atoms with Crippen molar-refractivity contribution in [2.45, 2.75) is 6.42 Å². The van der Waals surface area contributed by atoms with E-state index in [1.807, 2.05) is 59.3 Å². The van der Waals surface area contributed by atoms with Crippen LogP contribution < -0.4 is 4.40 Å². The Morgan fingerprint density at radius 1 is 1.04 bits per heavy atom. The molecule has 0 bridgehead atoms. The average Bonchev–Trinajstić information content (AvgIpc) is 3.17. The van der Waals surface area contributed by atoms with E-state index in [9.17, 15) is 9.59 Å². The minimum Gasteiger partial charge on any atom is -0.289 e. The highest BCUT2D eigenvalue weighted by Crippen LogP contribution is 2.23. The molecule has 28 heavy (non-hydrogen) atoms. The number of benzene rings is 1. The summed E-state index contributed by atoms with van der Waals surface area (Å²) >= 11 is 0. The molecule has 0 saturated heterocycles. The van der Waals surface area contributed by atoms with Gasteiger partial charge in [0, 0.05) is 29.8 Å². The molecule has 1 N–H and O–H groups in total. The topological polar surface area (TPSA) is 79.8 Å². The number of nitrogens with one attached hydrogen (secondary N) is 1. The number of carbonyl (C=O) groups excluding carboxylic acids is 2. The zero-order valence-corrected chi connectivity index (χ0v) is 14.8. The third kappa shape index (κ3) is 2.72. The van der Waals surface area contributed by atoms with Gasteiger partial charge in [0.15, 0.2) is 11.5 Å². The van der Waals surface area contributed by atoms with Crippen LogP contribution in [-0.4, -0.2) is 26.5 Å². The summed E-state index contributed by atoms with van der Waals surface area (Å²) in [7, 11) is 0. The lowest BCUT2D eigenvalue weighted by molar-refractivity contribution is -0.509. The minimum atomic E-state index is -0.251. The van der Waals surface area contributed by atoms with Gasteiger partial charge in [-0.15, -0.1) is 0 Å². The molecule has 0 spiro atoms. The number of hydrogen-bond acceptors (Lipinski definition) is 4. The van der Waals surface area contributed by atoms with Crippen LogP contribution in [0.5, 0.6) is 0 Å². The van der Waals surface area contributed by atoms with Crippen molar-refractivity contribution in [3.05, 3.63) is 95.9 Å². The molecule has 1 aromatic carbocycles. The number of fused-ring (bicyclic) bond motifs is 2. The van der Waals surface area contributed by atoms with Crippen molar-refractivity contribution in [1.82, 2.24) is 15.0 Å². The van der Waals surface area contributed by atoms with E-state index in [1.54, 1.807) is 0 Å². The van der Waals surface area contributed by atoms with Crippen molar-refractivity contribution >= 4 is 17.2 Å². The molecule has 4 aromatic rings. The number of Topliss-reactive ketones (excluding diaryl/α,β-unsaturated/α-hetero) is 1. The van der Waals surface area contributed by atoms with Crippen molar-refractivity contribution in [2.75, 3.05) is 0 Å². The molecule has 0 fully saturated rings. The molecule has 3 aromatic heterocycles. The van der Waals surface area contributed by atoms with E-state index in [-0.39, 0.29) is 22.8 Å². The molecule has 6 nitrogen and oxygen atoms in total. The maximum Gasteiger partial charge on any atom is 0.284 e.